The van der Waals surface area contributed by atoms with Crippen molar-refractivity contribution in [1.29, 1.82) is 0 Å². The number of hydrogen-bond donors (Lipinski definition) is 1. The molecule has 0 spiro atoms. The van der Waals surface area contributed by atoms with Gasteiger partial charge in [0.1, 0.15) is 6.04 Å². The first-order valence-corrected chi connectivity index (χ1v) is 5.71. The maximum Gasteiger partial charge on any atom is 0.323 e. The Balaban J connectivity index is 1.90. The van der Waals surface area contributed by atoms with Gasteiger partial charge >= 0.3 is 5.97 Å². The lowest BCUT2D eigenvalue weighted by molar-refractivity contribution is -0.149. The maximum atomic E-state index is 11.0. The van der Waals surface area contributed by atoms with E-state index >= 15 is 0 Å². The summed E-state index contributed by atoms with van der Waals surface area (Å²) in [4.78, 5) is 17.0. The molecule has 17 heavy (non-hydrogen) atoms. The minimum atomic E-state index is -0.809. The van der Waals surface area contributed by atoms with Crippen molar-refractivity contribution in [1.82, 2.24) is 9.88 Å². The van der Waals surface area contributed by atoms with Crippen LogP contribution in [0.15, 0.2) is 24.5 Å². The second-order valence-electron chi connectivity index (χ2n) is 4.08. The van der Waals surface area contributed by atoms with Gasteiger partial charge in [0, 0.05) is 25.5 Å². The van der Waals surface area contributed by atoms with E-state index in [2.05, 4.69) is 4.98 Å². The van der Waals surface area contributed by atoms with Crippen LogP contribution >= 0.6 is 0 Å². The number of morpholine rings is 1. The van der Waals surface area contributed by atoms with Crippen LogP contribution in [-0.2, 0) is 16.0 Å². The first-order valence-electron chi connectivity index (χ1n) is 5.71. The van der Waals surface area contributed by atoms with Gasteiger partial charge in [-0.2, -0.15) is 0 Å². The molecule has 1 aromatic heterocycles. The molecule has 5 nitrogen and oxygen atoms in total. The molecule has 1 N–H and O–H groups in total. The Bertz CT molecular complexity index is 369. The molecule has 1 aromatic rings. The number of nitrogens with zero attached hydrogens (tertiary/aromatic N) is 2. The van der Waals surface area contributed by atoms with E-state index in [1.165, 1.54) is 0 Å². The molecule has 2 rings (SSSR count). The van der Waals surface area contributed by atoms with Gasteiger partial charge in [0.15, 0.2) is 0 Å². The molecule has 5 heteroatoms. The number of aromatic nitrogens is 1. The number of rotatable bonds is 4. The summed E-state index contributed by atoms with van der Waals surface area (Å²) >= 11 is 0. The van der Waals surface area contributed by atoms with E-state index in [0.29, 0.717) is 13.2 Å². The summed E-state index contributed by atoms with van der Waals surface area (Å²) in [6, 6.07) is 3.38. The molecule has 0 radical (unpaired) electrons. The van der Waals surface area contributed by atoms with Crippen molar-refractivity contribution in [2.45, 2.75) is 12.5 Å². The van der Waals surface area contributed by atoms with Crippen molar-refractivity contribution in [3.05, 3.63) is 30.1 Å². The first kappa shape index (κ1) is 12.0. The van der Waals surface area contributed by atoms with Crippen LogP contribution in [0, 0.1) is 0 Å². The van der Waals surface area contributed by atoms with Gasteiger partial charge in [0.05, 0.1) is 13.2 Å². The minimum absolute atomic E-state index is 0.280. The van der Waals surface area contributed by atoms with Crippen LogP contribution in [0.1, 0.15) is 5.56 Å². The zero-order valence-electron chi connectivity index (χ0n) is 9.58. The molecule has 1 fully saturated rings. The number of ether oxygens (including phenoxy) is 1. The quantitative estimate of drug-likeness (QED) is 0.820. The molecule has 0 saturated carbocycles. The third-order valence-corrected chi connectivity index (χ3v) is 2.93. The Labute approximate surface area is 100 Å². The van der Waals surface area contributed by atoms with Gasteiger partial charge < -0.3 is 9.84 Å². The van der Waals surface area contributed by atoms with Crippen molar-refractivity contribution in [2.24, 2.45) is 0 Å². The molecule has 1 atom stereocenters. The molecule has 1 unspecified atom stereocenters. The number of pyridine rings is 1. The van der Waals surface area contributed by atoms with Crippen LogP contribution in [0.5, 0.6) is 0 Å². The monoisotopic (exact) mass is 236 g/mol. The summed E-state index contributed by atoms with van der Waals surface area (Å²) < 4.78 is 5.19. The lowest BCUT2D eigenvalue weighted by Gasteiger charge is -2.32. The SMILES string of the molecule is O=C(O)C1COCCN1CCc1cccnc1. The minimum Gasteiger partial charge on any atom is -0.480 e. The predicted molar refractivity (Wildman–Crippen MR) is 61.8 cm³/mol. The lowest BCUT2D eigenvalue weighted by Crippen LogP contribution is -2.50. The average molecular weight is 236 g/mol. The van der Waals surface area contributed by atoms with Crippen LogP contribution in [0.4, 0.5) is 0 Å². The zero-order chi connectivity index (χ0) is 12.1. The number of hydrogen-bond acceptors (Lipinski definition) is 4. The Hall–Kier alpha value is -1.46. The molecule has 1 saturated heterocycles. The van der Waals surface area contributed by atoms with E-state index in [1.54, 1.807) is 6.20 Å². The van der Waals surface area contributed by atoms with Crippen molar-refractivity contribution in [3.8, 4) is 0 Å². The Morgan fingerprint density at radius 2 is 2.53 bits per heavy atom. The second kappa shape index (κ2) is 5.75. The van der Waals surface area contributed by atoms with Crippen LogP contribution in [-0.4, -0.2) is 53.3 Å². The molecule has 2 heterocycles. The maximum absolute atomic E-state index is 11.0. The third kappa shape index (κ3) is 3.25. The summed E-state index contributed by atoms with van der Waals surface area (Å²) in [5.74, 6) is -0.809. The van der Waals surface area contributed by atoms with Crippen molar-refractivity contribution >= 4 is 5.97 Å². The fourth-order valence-electron chi connectivity index (χ4n) is 1.95. The fourth-order valence-corrected chi connectivity index (χ4v) is 1.95. The molecule has 1 aliphatic heterocycles. The molecular formula is C12H16N2O3. The van der Waals surface area contributed by atoms with Gasteiger partial charge in [-0.1, -0.05) is 6.07 Å². The summed E-state index contributed by atoms with van der Waals surface area (Å²) in [5, 5.41) is 9.07. The van der Waals surface area contributed by atoms with E-state index in [0.717, 1.165) is 18.5 Å². The number of carbonyl (C=O) groups is 1. The van der Waals surface area contributed by atoms with Gasteiger partial charge in [0.2, 0.25) is 0 Å². The van der Waals surface area contributed by atoms with Gasteiger partial charge in [-0.25, -0.2) is 0 Å². The molecule has 1 aliphatic rings. The Morgan fingerprint density at radius 3 is 3.24 bits per heavy atom. The average Bonchev–Trinajstić information content (AvgIpc) is 2.38. The highest BCUT2D eigenvalue weighted by atomic mass is 16.5. The second-order valence-corrected chi connectivity index (χ2v) is 4.08. The highest BCUT2D eigenvalue weighted by Crippen LogP contribution is 2.09. The number of carboxylic acid groups (broad SMARTS) is 1. The smallest absolute Gasteiger partial charge is 0.323 e. The highest BCUT2D eigenvalue weighted by Gasteiger charge is 2.28. The standard InChI is InChI=1S/C12H16N2O3/c15-12(16)11-9-17-7-6-14(11)5-3-10-2-1-4-13-8-10/h1-2,4,8,11H,3,5-7,9H2,(H,15,16). The van der Waals surface area contributed by atoms with E-state index in [4.69, 9.17) is 9.84 Å². The summed E-state index contributed by atoms with van der Waals surface area (Å²) in [5.41, 5.74) is 1.13. The number of aliphatic carboxylic acids is 1. The summed E-state index contributed by atoms with van der Waals surface area (Å²) in [7, 11) is 0. The van der Waals surface area contributed by atoms with Gasteiger partial charge in [-0.05, 0) is 18.1 Å². The fraction of sp³-hybridized carbons (Fsp3) is 0.500. The lowest BCUT2D eigenvalue weighted by atomic mass is 10.1. The summed E-state index contributed by atoms with van der Waals surface area (Å²) in [6.45, 7) is 2.29. The largest absolute Gasteiger partial charge is 0.480 e. The van der Waals surface area contributed by atoms with Crippen LogP contribution in [0.25, 0.3) is 0 Å². The van der Waals surface area contributed by atoms with E-state index in [9.17, 15) is 4.79 Å². The molecule has 92 valence electrons. The van der Waals surface area contributed by atoms with E-state index < -0.39 is 12.0 Å². The number of carboxylic acids is 1. The van der Waals surface area contributed by atoms with Gasteiger partial charge in [-0.15, -0.1) is 0 Å². The van der Waals surface area contributed by atoms with Crippen molar-refractivity contribution in [3.63, 3.8) is 0 Å². The Morgan fingerprint density at radius 1 is 1.65 bits per heavy atom. The van der Waals surface area contributed by atoms with Crippen LogP contribution in [0.3, 0.4) is 0 Å². The third-order valence-electron chi connectivity index (χ3n) is 2.93. The van der Waals surface area contributed by atoms with Crippen molar-refractivity contribution in [2.75, 3.05) is 26.3 Å². The normalized spacial score (nSPS) is 21.3. The molecule has 0 amide bonds. The first-order chi connectivity index (χ1) is 8.27. The van der Waals surface area contributed by atoms with Crippen LogP contribution < -0.4 is 0 Å². The predicted octanol–water partition coefficient (Wildman–Crippen LogP) is 0.409. The van der Waals surface area contributed by atoms with E-state index in [1.807, 2.05) is 23.2 Å². The van der Waals surface area contributed by atoms with Gasteiger partial charge in [-0.3, -0.25) is 14.7 Å². The zero-order valence-corrected chi connectivity index (χ0v) is 9.58. The van der Waals surface area contributed by atoms with E-state index in [-0.39, 0.29) is 6.61 Å². The Kier molecular flexibility index (Phi) is 4.06. The highest BCUT2D eigenvalue weighted by molar-refractivity contribution is 5.73. The molecule has 0 bridgehead atoms. The topological polar surface area (TPSA) is 62.7 Å². The van der Waals surface area contributed by atoms with Gasteiger partial charge in [0.25, 0.3) is 0 Å². The molecular weight excluding hydrogens is 220 g/mol. The molecule has 0 aliphatic carbocycles. The van der Waals surface area contributed by atoms with Crippen molar-refractivity contribution < 1.29 is 14.6 Å². The molecule has 0 aromatic carbocycles. The summed E-state index contributed by atoms with van der Waals surface area (Å²) in [6.07, 6.45) is 4.37. The van der Waals surface area contributed by atoms with Crippen LogP contribution in [0.2, 0.25) is 0 Å².